The van der Waals surface area contributed by atoms with Gasteiger partial charge in [0.2, 0.25) is 11.8 Å². The lowest BCUT2D eigenvalue weighted by molar-refractivity contribution is -0.187. The molecule has 3 aliphatic carbocycles. The Kier molecular flexibility index (Phi) is 6.20. The molecular weight excluding hydrogens is 404 g/mol. The quantitative estimate of drug-likeness (QED) is 0.615. The van der Waals surface area contributed by atoms with Gasteiger partial charge in [0, 0.05) is 22.9 Å². The van der Waals surface area contributed by atoms with Gasteiger partial charge in [-0.25, -0.2) is 0 Å². The van der Waals surface area contributed by atoms with Crippen molar-refractivity contribution in [1.82, 2.24) is 10.6 Å². The molecule has 182 valence electrons. The van der Waals surface area contributed by atoms with Gasteiger partial charge in [-0.05, 0) is 89.4 Å². The Hall–Kier alpha value is -1.14. The Balaban J connectivity index is 1.59. The van der Waals surface area contributed by atoms with Crippen molar-refractivity contribution >= 4 is 11.8 Å². The number of carbonyl (C=O) groups is 2. The van der Waals surface area contributed by atoms with Crippen LogP contribution >= 0.6 is 0 Å². The summed E-state index contributed by atoms with van der Waals surface area (Å²) >= 11 is 0. The van der Waals surface area contributed by atoms with Crippen LogP contribution in [0.1, 0.15) is 86.5 Å². The smallest absolute Gasteiger partial charge is 0.224 e. The Labute approximate surface area is 193 Å². The van der Waals surface area contributed by atoms with E-state index in [1.807, 2.05) is 6.92 Å². The molecule has 1 heterocycles. The molecule has 4 fully saturated rings. The fourth-order valence-electron chi connectivity index (χ4n) is 8.13. The fraction of sp³-hybridized carbons (Fsp3) is 0.923. The number of hydrogen-bond acceptors (Lipinski definition) is 4. The molecule has 6 nitrogen and oxygen atoms in total. The highest BCUT2D eigenvalue weighted by atomic mass is 16.5. The predicted molar refractivity (Wildman–Crippen MR) is 124 cm³/mol. The van der Waals surface area contributed by atoms with Crippen molar-refractivity contribution in [2.24, 2.45) is 34.5 Å². The number of amides is 2. The minimum absolute atomic E-state index is 0.0295. The van der Waals surface area contributed by atoms with Crippen LogP contribution in [0.4, 0.5) is 0 Å². The highest BCUT2D eigenvalue weighted by Crippen LogP contribution is 2.65. The average molecular weight is 449 g/mol. The van der Waals surface area contributed by atoms with E-state index >= 15 is 0 Å². The zero-order valence-electron chi connectivity index (χ0n) is 20.9. The van der Waals surface area contributed by atoms with Gasteiger partial charge in [-0.3, -0.25) is 9.59 Å². The SMILES string of the molecule is CC(CO)O[C@H]1CC(=O)N[C@@H]2CC[C@H]3[C@@H]4CC[C@H](C(=O)NC(C)(C)C)[C@@]4(C)CC[C@@H]3[C@@]12C. The van der Waals surface area contributed by atoms with Crippen LogP contribution in [0.5, 0.6) is 0 Å². The molecule has 0 aromatic rings. The van der Waals surface area contributed by atoms with E-state index in [0.717, 1.165) is 38.5 Å². The Bertz CT molecular complexity index is 749. The molecule has 32 heavy (non-hydrogen) atoms. The molecule has 9 atom stereocenters. The molecular formula is C26H44N2O4. The largest absolute Gasteiger partial charge is 0.394 e. The highest BCUT2D eigenvalue weighted by Gasteiger charge is 2.64. The number of aliphatic hydroxyl groups excluding tert-OH is 1. The zero-order valence-corrected chi connectivity index (χ0v) is 20.9. The number of hydrogen-bond donors (Lipinski definition) is 3. The van der Waals surface area contributed by atoms with Crippen molar-refractivity contribution in [1.29, 1.82) is 0 Å². The molecule has 0 radical (unpaired) electrons. The maximum Gasteiger partial charge on any atom is 0.224 e. The summed E-state index contributed by atoms with van der Waals surface area (Å²) in [5.41, 5.74) is -0.289. The number of ether oxygens (including phenoxy) is 1. The Morgan fingerprint density at radius 1 is 1.19 bits per heavy atom. The molecule has 4 aliphatic rings. The monoisotopic (exact) mass is 448 g/mol. The topological polar surface area (TPSA) is 87.7 Å². The second kappa shape index (κ2) is 8.26. The summed E-state index contributed by atoms with van der Waals surface area (Å²) in [6.45, 7) is 12.7. The molecule has 3 N–H and O–H groups in total. The summed E-state index contributed by atoms with van der Waals surface area (Å²) in [4.78, 5) is 25.7. The standard InChI is InChI=1S/C26H44N2O4/c1-15(14-29)32-21-13-22(30)27-20-10-7-16-17-8-9-19(23(31)28-24(2,3)4)25(17,5)12-11-18(16)26(20,21)6/h15-21,29H,7-14H2,1-6H3,(H,27,30)(H,28,31)/t15?,16-,17-,18-,19+,20+,21-,25-,26+/m0/s1. The summed E-state index contributed by atoms with van der Waals surface area (Å²) in [6, 6.07) is 0.131. The first-order chi connectivity index (χ1) is 14.9. The zero-order chi connectivity index (χ0) is 23.5. The number of fused-ring (bicyclic) bond motifs is 5. The summed E-state index contributed by atoms with van der Waals surface area (Å²) in [7, 11) is 0. The van der Waals surface area contributed by atoms with Crippen LogP contribution < -0.4 is 10.6 Å². The predicted octanol–water partition coefficient (Wildman–Crippen LogP) is 3.41. The third-order valence-electron chi connectivity index (χ3n) is 9.64. The van der Waals surface area contributed by atoms with Crippen LogP contribution in [-0.4, -0.2) is 47.3 Å². The van der Waals surface area contributed by atoms with Gasteiger partial charge in [-0.2, -0.15) is 0 Å². The second-order valence-corrected chi connectivity index (χ2v) is 12.7. The van der Waals surface area contributed by atoms with Crippen LogP contribution in [0.2, 0.25) is 0 Å². The van der Waals surface area contributed by atoms with E-state index in [4.69, 9.17) is 4.74 Å². The van der Waals surface area contributed by atoms with E-state index in [-0.39, 0.29) is 59.0 Å². The second-order valence-electron chi connectivity index (χ2n) is 12.7. The summed E-state index contributed by atoms with van der Waals surface area (Å²) in [6.07, 6.45) is 6.25. The number of nitrogens with one attached hydrogen (secondary N) is 2. The lowest BCUT2D eigenvalue weighted by atomic mass is 9.46. The number of piperidine rings is 1. The van der Waals surface area contributed by atoms with E-state index in [9.17, 15) is 14.7 Å². The Morgan fingerprint density at radius 2 is 1.91 bits per heavy atom. The van der Waals surface area contributed by atoms with Gasteiger partial charge in [0.05, 0.1) is 25.2 Å². The maximum absolute atomic E-state index is 13.2. The first-order valence-electron chi connectivity index (χ1n) is 12.8. The third-order valence-corrected chi connectivity index (χ3v) is 9.64. The number of carbonyl (C=O) groups excluding carboxylic acids is 2. The third kappa shape index (κ3) is 3.89. The normalized spacial score (nSPS) is 44.7. The Morgan fingerprint density at radius 3 is 2.56 bits per heavy atom. The van der Waals surface area contributed by atoms with Crippen LogP contribution in [0, 0.1) is 34.5 Å². The van der Waals surface area contributed by atoms with Crippen molar-refractivity contribution in [3.05, 3.63) is 0 Å². The molecule has 0 bridgehead atoms. The van der Waals surface area contributed by atoms with Gasteiger partial charge >= 0.3 is 0 Å². The molecule has 1 aliphatic heterocycles. The van der Waals surface area contributed by atoms with Gasteiger partial charge in [0.25, 0.3) is 0 Å². The minimum Gasteiger partial charge on any atom is -0.394 e. The van der Waals surface area contributed by atoms with Gasteiger partial charge < -0.3 is 20.5 Å². The molecule has 2 amide bonds. The van der Waals surface area contributed by atoms with Crippen molar-refractivity contribution in [2.75, 3.05) is 6.61 Å². The molecule has 6 heteroatoms. The fourth-order valence-corrected chi connectivity index (χ4v) is 8.13. The molecule has 4 rings (SSSR count). The van der Waals surface area contributed by atoms with Crippen LogP contribution in [0.25, 0.3) is 0 Å². The molecule has 0 aromatic heterocycles. The van der Waals surface area contributed by atoms with E-state index < -0.39 is 0 Å². The number of rotatable bonds is 4. The lowest BCUT2D eigenvalue weighted by Crippen LogP contribution is -2.67. The van der Waals surface area contributed by atoms with Gasteiger partial charge in [-0.15, -0.1) is 0 Å². The van der Waals surface area contributed by atoms with Gasteiger partial charge in [-0.1, -0.05) is 13.8 Å². The molecule has 1 saturated heterocycles. The average Bonchev–Trinajstić information content (AvgIpc) is 3.05. The van der Waals surface area contributed by atoms with Crippen molar-refractivity contribution in [3.8, 4) is 0 Å². The first kappa shape index (κ1) is 24.0. The summed E-state index contributed by atoms with van der Waals surface area (Å²) in [5.74, 6) is 1.97. The molecule has 1 unspecified atom stereocenters. The maximum atomic E-state index is 13.2. The number of aliphatic hydroxyl groups is 1. The van der Waals surface area contributed by atoms with Gasteiger partial charge in [0.1, 0.15) is 0 Å². The van der Waals surface area contributed by atoms with Crippen LogP contribution in [-0.2, 0) is 14.3 Å². The van der Waals surface area contributed by atoms with Crippen LogP contribution in [0.3, 0.4) is 0 Å². The molecule has 0 spiro atoms. The highest BCUT2D eigenvalue weighted by molar-refractivity contribution is 5.80. The van der Waals surface area contributed by atoms with Crippen molar-refractivity contribution in [2.45, 2.75) is 110 Å². The summed E-state index contributed by atoms with van der Waals surface area (Å²) in [5, 5.41) is 16.1. The van der Waals surface area contributed by atoms with E-state index in [1.165, 1.54) is 0 Å². The molecule has 3 saturated carbocycles. The first-order valence-corrected chi connectivity index (χ1v) is 12.8. The van der Waals surface area contributed by atoms with E-state index in [0.29, 0.717) is 24.2 Å². The van der Waals surface area contributed by atoms with E-state index in [1.54, 1.807) is 0 Å². The van der Waals surface area contributed by atoms with Crippen molar-refractivity contribution in [3.63, 3.8) is 0 Å². The van der Waals surface area contributed by atoms with Crippen molar-refractivity contribution < 1.29 is 19.4 Å². The molecule has 0 aromatic carbocycles. The van der Waals surface area contributed by atoms with Gasteiger partial charge in [0.15, 0.2) is 0 Å². The minimum atomic E-state index is -0.269. The summed E-state index contributed by atoms with van der Waals surface area (Å²) < 4.78 is 6.31. The van der Waals surface area contributed by atoms with E-state index in [2.05, 4.69) is 45.3 Å². The lowest BCUT2D eigenvalue weighted by Gasteiger charge is -2.62. The van der Waals surface area contributed by atoms with Crippen LogP contribution in [0.15, 0.2) is 0 Å².